The van der Waals surface area contributed by atoms with E-state index in [4.69, 9.17) is 0 Å². The fourth-order valence-corrected chi connectivity index (χ4v) is 0.989. The lowest BCUT2D eigenvalue weighted by Gasteiger charge is -2.02. The molecule has 0 fully saturated rings. The summed E-state index contributed by atoms with van der Waals surface area (Å²) in [6.07, 6.45) is 0. The van der Waals surface area contributed by atoms with E-state index >= 15 is 0 Å². The molecule has 1 aromatic carbocycles. The summed E-state index contributed by atoms with van der Waals surface area (Å²) in [5.74, 6) is -2.16. The highest BCUT2D eigenvalue weighted by atomic mass is 19.3. The van der Waals surface area contributed by atoms with Gasteiger partial charge >= 0.3 is 5.97 Å². The van der Waals surface area contributed by atoms with Crippen LogP contribution in [0.3, 0.4) is 0 Å². The molecule has 1 rings (SSSR count). The molecule has 2 nitrogen and oxygen atoms in total. The van der Waals surface area contributed by atoms with E-state index in [9.17, 15) is 13.7 Å². The molecule has 0 radical (unpaired) electrons. The van der Waals surface area contributed by atoms with Crippen LogP contribution < -0.4 is 0 Å². The zero-order valence-corrected chi connectivity index (χ0v) is 7.51. The predicted molar refractivity (Wildman–Crippen MR) is 47.6 cm³/mol. The Kier molecular flexibility index (Phi) is 2.96. The molecule has 14 heavy (non-hydrogen) atoms. The zero-order chi connectivity index (χ0) is 10.7. The van der Waals surface area contributed by atoms with E-state index in [2.05, 4.69) is 11.5 Å². The van der Waals surface area contributed by atoms with Gasteiger partial charge in [-0.2, -0.15) is 0 Å². The van der Waals surface area contributed by atoms with Gasteiger partial charge in [0.1, 0.15) is 5.82 Å². The number of benzene rings is 1. The van der Waals surface area contributed by atoms with Gasteiger partial charge in [0.15, 0.2) is 0 Å². The summed E-state index contributed by atoms with van der Waals surface area (Å²) in [5, 5.41) is 0. The monoisotopic (exact) mass is 198 g/mol. The van der Waals surface area contributed by atoms with Gasteiger partial charge in [-0.05, 0) is 24.6 Å². The van der Waals surface area contributed by atoms with Gasteiger partial charge in [-0.1, -0.05) is 18.2 Å². The van der Waals surface area contributed by atoms with Crippen LogP contribution in [0, 0.1) is 5.82 Å². The van der Waals surface area contributed by atoms with Gasteiger partial charge in [-0.3, -0.25) is 0 Å². The van der Waals surface area contributed by atoms with Crippen LogP contribution in [0.1, 0.15) is 22.8 Å². The fourth-order valence-electron chi connectivity index (χ4n) is 0.989. The summed E-state index contributed by atoms with van der Waals surface area (Å²) in [6.45, 7) is 5.31. The number of hydrogen-bond donors (Lipinski definition) is 0. The Morgan fingerprint density at radius 2 is 2.14 bits per heavy atom. The Labute approximate surface area is 79.7 Å². The van der Waals surface area contributed by atoms with Crippen molar-refractivity contribution >= 4 is 11.5 Å². The predicted octanol–water partition coefficient (Wildman–Crippen LogP) is 2.90. The van der Waals surface area contributed by atoms with Crippen molar-refractivity contribution in [2.75, 3.05) is 0 Å². The molecule has 0 spiro atoms. The molecular weight excluding hydrogens is 190 g/mol. The quantitative estimate of drug-likeness (QED) is 0.730. The van der Waals surface area contributed by atoms with Gasteiger partial charge < -0.3 is 0 Å². The molecule has 0 amide bonds. The SMILES string of the molecule is C=C(C)c1ccc(F)c(C(=O)OF)c1. The summed E-state index contributed by atoms with van der Waals surface area (Å²) >= 11 is 0. The van der Waals surface area contributed by atoms with E-state index in [1.54, 1.807) is 6.92 Å². The standard InChI is InChI=1S/C10H8F2O2/c1-6(2)7-3-4-9(11)8(5-7)10(13)14-12/h3-5H,1H2,2H3. The van der Waals surface area contributed by atoms with Gasteiger partial charge in [0.2, 0.25) is 0 Å². The van der Waals surface area contributed by atoms with Crippen molar-refractivity contribution in [1.29, 1.82) is 0 Å². The van der Waals surface area contributed by atoms with Gasteiger partial charge in [-0.15, -0.1) is 0 Å². The third-order valence-electron chi connectivity index (χ3n) is 1.75. The van der Waals surface area contributed by atoms with Gasteiger partial charge in [0.05, 0.1) is 5.56 Å². The van der Waals surface area contributed by atoms with Gasteiger partial charge in [-0.25, -0.2) is 14.1 Å². The summed E-state index contributed by atoms with van der Waals surface area (Å²) < 4.78 is 24.5. The van der Waals surface area contributed by atoms with Crippen molar-refractivity contribution in [2.45, 2.75) is 6.92 Å². The minimum Gasteiger partial charge on any atom is -0.249 e. The first-order valence-electron chi connectivity index (χ1n) is 3.84. The van der Waals surface area contributed by atoms with Crippen molar-refractivity contribution < 1.29 is 18.7 Å². The third-order valence-corrected chi connectivity index (χ3v) is 1.75. The lowest BCUT2D eigenvalue weighted by molar-refractivity contribution is -0.0791. The van der Waals surface area contributed by atoms with Gasteiger partial charge in [0, 0.05) is 4.53 Å². The Morgan fingerprint density at radius 3 is 2.64 bits per heavy atom. The van der Waals surface area contributed by atoms with Crippen LogP contribution in [0.25, 0.3) is 5.57 Å². The van der Waals surface area contributed by atoms with E-state index in [1.807, 2.05) is 0 Å². The van der Waals surface area contributed by atoms with E-state index in [0.29, 0.717) is 11.1 Å². The van der Waals surface area contributed by atoms with Crippen molar-refractivity contribution in [2.24, 2.45) is 0 Å². The molecular formula is C10H8F2O2. The minimum absolute atomic E-state index is 0.437. The Bertz CT molecular complexity index is 386. The second-order valence-electron chi connectivity index (χ2n) is 2.84. The maximum Gasteiger partial charge on any atom is 0.382 e. The largest absolute Gasteiger partial charge is 0.382 e. The molecule has 0 aliphatic rings. The second-order valence-corrected chi connectivity index (χ2v) is 2.84. The normalized spacial score (nSPS) is 9.64. The number of hydrogen-bond acceptors (Lipinski definition) is 2. The first-order valence-corrected chi connectivity index (χ1v) is 3.84. The van der Waals surface area contributed by atoms with Crippen molar-refractivity contribution in [3.63, 3.8) is 0 Å². The molecule has 0 atom stereocenters. The van der Waals surface area contributed by atoms with Gasteiger partial charge in [0.25, 0.3) is 0 Å². The number of carbonyl (C=O) groups excluding carboxylic acids is 1. The maximum atomic E-state index is 13.0. The Hall–Kier alpha value is -1.71. The highest BCUT2D eigenvalue weighted by molar-refractivity contribution is 5.90. The summed E-state index contributed by atoms with van der Waals surface area (Å²) in [6, 6.07) is 3.71. The van der Waals surface area contributed by atoms with E-state index < -0.39 is 17.3 Å². The molecule has 0 heterocycles. The summed E-state index contributed by atoms with van der Waals surface area (Å²) in [4.78, 5) is 13.7. The molecule has 0 saturated carbocycles. The fraction of sp³-hybridized carbons (Fsp3) is 0.100. The lowest BCUT2D eigenvalue weighted by atomic mass is 10.1. The molecule has 0 aromatic heterocycles. The van der Waals surface area contributed by atoms with Crippen LogP contribution in [0.15, 0.2) is 24.8 Å². The van der Waals surface area contributed by atoms with Crippen molar-refractivity contribution in [3.8, 4) is 0 Å². The highest BCUT2D eigenvalue weighted by Gasteiger charge is 2.14. The van der Waals surface area contributed by atoms with Crippen LogP contribution in [-0.4, -0.2) is 5.97 Å². The molecule has 0 N–H and O–H groups in total. The zero-order valence-electron chi connectivity index (χ0n) is 7.51. The van der Waals surface area contributed by atoms with Crippen LogP contribution >= 0.6 is 0 Å². The van der Waals surface area contributed by atoms with Crippen molar-refractivity contribution in [1.82, 2.24) is 0 Å². The minimum atomic E-state index is -1.34. The molecule has 0 unspecified atom stereocenters. The summed E-state index contributed by atoms with van der Waals surface area (Å²) in [5.41, 5.74) is 0.776. The second kappa shape index (κ2) is 4.00. The number of halogens is 2. The first kappa shape index (κ1) is 10.4. The molecule has 1 aromatic rings. The number of carbonyl (C=O) groups is 1. The topological polar surface area (TPSA) is 26.3 Å². The van der Waals surface area contributed by atoms with Crippen LogP contribution in [0.5, 0.6) is 0 Å². The molecule has 0 aliphatic heterocycles. The number of rotatable bonds is 2. The smallest absolute Gasteiger partial charge is 0.249 e. The highest BCUT2D eigenvalue weighted by Crippen LogP contribution is 2.17. The summed E-state index contributed by atoms with van der Waals surface area (Å²) in [7, 11) is 0. The average molecular weight is 198 g/mol. The van der Waals surface area contributed by atoms with E-state index in [-0.39, 0.29) is 0 Å². The Morgan fingerprint density at radius 1 is 1.50 bits per heavy atom. The maximum absolute atomic E-state index is 13.0. The van der Waals surface area contributed by atoms with E-state index in [1.165, 1.54) is 12.1 Å². The first-order chi connectivity index (χ1) is 6.56. The Balaban J connectivity index is 3.21. The average Bonchev–Trinajstić information content (AvgIpc) is 2.17. The van der Waals surface area contributed by atoms with Crippen LogP contribution in [-0.2, 0) is 4.94 Å². The third kappa shape index (κ3) is 1.96. The van der Waals surface area contributed by atoms with Crippen LogP contribution in [0.2, 0.25) is 0 Å². The molecule has 0 saturated heterocycles. The molecule has 0 bridgehead atoms. The molecule has 74 valence electrons. The lowest BCUT2D eigenvalue weighted by Crippen LogP contribution is -2.02. The van der Waals surface area contributed by atoms with E-state index in [0.717, 1.165) is 6.07 Å². The van der Waals surface area contributed by atoms with Crippen molar-refractivity contribution in [3.05, 3.63) is 41.7 Å². The molecule has 0 aliphatic carbocycles. The van der Waals surface area contributed by atoms with Crippen LogP contribution in [0.4, 0.5) is 8.92 Å². The molecule has 4 heteroatoms. The number of allylic oxidation sites excluding steroid dienone is 1.